The minimum atomic E-state index is 0.365. The molecule has 0 aliphatic carbocycles. The molecule has 0 spiro atoms. The van der Waals surface area contributed by atoms with E-state index in [0.29, 0.717) is 5.41 Å². The zero-order valence-electron chi connectivity index (χ0n) is 9.92. The maximum Gasteiger partial charge on any atom is 0.0348 e. The fourth-order valence-electron chi connectivity index (χ4n) is 1.97. The van der Waals surface area contributed by atoms with Crippen molar-refractivity contribution in [2.45, 2.75) is 34.1 Å². The van der Waals surface area contributed by atoms with Gasteiger partial charge >= 0.3 is 0 Å². The fourth-order valence-corrected chi connectivity index (χ4v) is 2.94. The van der Waals surface area contributed by atoms with Gasteiger partial charge in [0.15, 0.2) is 0 Å². The third kappa shape index (κ3) is 2.40. The maximum atomic E-state index is 2.32. The highest BCUT2D eigenvalue weighted by Crippen LogP contribution is 2.31. The van der Waals surface area contributed by atoms with Crippen LogP contribution in [0.3, 0.4) is 0 Å². The van der Waals surface area contributed by atoms with Crippen LogP contribution in [0.4, 0.5) is 0 Å². The first-order valence-electron chi connectivity index (χ1n) is 5.44. The van der Waals surface area contributed by atoms with Gasteiger partial charge in [0.05, 0.1) is 0 Å². The van der Waals surface area contributed by atoms with Gasteiger partial charge in [-0.05, 0) is 41.8 Å². The minimum Gasteiger partial charge on any atom is -0.141 e. The van der Waals surface area contributed by atoms with Gasteiger partial charge in [0.2, 0.25) is 0 Å². The second kappa shape index (κ2) is 3.64. The molecule has 1 heteroatoms. The number of thiophene rings is 1. The molecule has 1 aromatic carbocycles. The van der Waals surface area contributed by atoms with Crippen molar-refractivity contribution in [1.29, 1.82) is 0 Å². The van der Waals surface area contributed by atoms with E-state index >= 15 is 0 Å². The van der Waals surface area contributed by atoms with E-state index in [-0.39, 0.29) is 0 Å². The molecule has 1 heterocycles. The van der Waals surface area contributed by atoms with Crippen LogP contribution in [0.2, 0.25) is 0 Å². The van der Waals surface area contributed by atoms with Crippen molar-refractivity contribution in [3.8, 4) is 0 Å². The Bertz CT molecular complexity index is 472. The van der Waals surface area contributed by atoms with Crippen LogP contribution in [-0.2, 0) is 6.42 Å². The van der Waals surface area contributed by atoms with Gasteiger partial charge in [0.25, 0.3) is 0 Å². The van der Waals surface area contributed by atoms with E-state index in [1.165, 1.54) is 20.5 Å². The lowest BCUT2D eigenvalue weighted by atomic mass is 9.87. The summed E-state index contributed by atoms with van der Waals surface area (Å²) in [6.45, 7) is 9.08. The molecule has 0 atom stereocenters. The predicted molar refractivity (Wildman–Crippen MR) is 69.7 cm³/mol. The van der Waals surface area contributed by atoms with Crippen LogP contribution in [0.5, 0.6) is 0 Å². The number of benzene rings is 1. The minimum absolute atomic E-state index is 0.365. The van der Waals surface area contributed by atoms with Crippen LogP contribution in [0.25, 0.3) is 10.1 Å². The molecular formula is C14H18S. The summed E-state index contributed by atoms with van der Waals surface area (Å²) in [5.41, 5.74) is 1.86. The number of rotatable bonds is 1. The third-order valence-electron chi connectivity index (χ3n) is 2.50. The first-order chi connectivity index (χ1) is 6.96. The summed E-state index contributed by atoms with van der Waals surface area (Å²) in [4.78, 5) is 1.41. The lowest BCUT2D eigenvalue weighted by Crippen LogP contribution is -2.09. The van der Waals surface area contributed by atoms with Crippen LogP contribution < -0.4 is 0 Å². The van der Waals surface area contributed by atoms with Crippen molar-refractivity contribution in [3.63, 3.8) is 0 Å². The largest absolute Gasteiger partial charge is 0.141 e. The van der Waals surface area contributed by atoms with Crippen molar-refractivity contribution in [3.05, 3.63) is 34.7 Å². The predicted octanol–water partition coefficient (Wildman–Crippen LogP) is 4.80. The Balaban J connectivity index is 2.51. The molecule has 1 aromatic heterocycles. The molecule has 0 aliphatic heterocycles. The topological polar surface area (TPSA) is 0 Å². The van der Waals surface area contributed by atoms with Gasteiger partial charge in [-0.25, -0.2) is 0 Å². The van der Waals surface area contributed by atoms with Gasteiger partial charge < -0.3 is 0 Å². The van der Waals surface area contributed by atoms with Crippen molar-refractivity contribution < 1.29 is 0 Å². The molecule has 2 rings (SSSR count). The van der Waals surface area contributed by atoms with E-state index < -0.39 is 0 Å². The second-order valence-corrected chi connectivity index (χ2v) is 6.71. The van der Waals surface area contributed by atoms with Crippen molar-refractivity contribution in [1.82, 2.24) is 0 Å². The smallest absolute Gasteiger partial charge is 0.0348 e. The van der Waals surface area contributed by atoms with Crippen LogP contribution in [-0.4, -0.2) is 0 Å². The van der Waals surface area contributed by atoms with E-state index in [1.807, 2.05) is 11.3 Å². The Morgan fingerprint density at radius 1 is 1.20 bits per heavy atom. The highest BCUT2D eigenvalue weighted by molar-refractivity contribution is 7.19. The highest BCUT2D eigenvalue weighted by Gasteiger charge is 2.13. The van der Waals surface area contributed by atoms with Crippen LogP contribution >= 0.6 is 11.3 Å². The zero-order chi connectivity index (χ0) is 11.1. The lowest BCUT2D eigenvalue weighted by Gasteiger charge is -2.18. The van der Waals surface area contributed by atoms with Crippen molar-refractivity contribution >= 4 is 21.4 Å². The summed E-state index contributed by atoms with van der Waals surface area (Å²) in [5, 5.41) is 1.45. The summed E-state index contributed by atoms with van der Waals surface area (Å²) < 4.78 is 1.43. The molecule has 0 radical (unpaired) electrons. The van der Waals surface area contributed by atoms with Gasteiger partial charge in [-0.2, -0.15) is 0 Å². The monoisotopic (exact) mass is 218 g/mol. The van der Waals surface area contributed by atoms with Gasteiger partial charge in [-0.15, -0.1) is 11.3 Å². The standard InChI is InChI=1S/C14H18S/c1-10-8-12-11(9-14(2,3)4)6-5-7-13(12)15-10/h5-8H,9H2,1-4H3. The third-order valence-corrected chi connectivity index (χ3v) is 3.51. The van der Waals surface area contributed by atoms with E-state index in [1.54, 1.807) is 0 Å². The van der Waals surface area contributed by atoms with E-state index in [2.05, 4.69) is 52.0 Å². The zero-order valence-corrected chi connectivity index (χ0v) is 10.7. The van der Waals surface area contributed by atoms with Gasteiger partial charge in [-0.3, -0.25) is 0 Å². The molecule has 2 aromatic rings. The Kier molecular flexibility index (Phi) is 2.59. The Morgan fingerprint density at radius 2 is 1.93 bits per heavy atom. The summed E-state index contributed by atoms with van der Waals surface area (Å²) in [6, 6.07) is 8.99. The average Bonchev–Trinajstić information content (AvgIpc) is 2.43. The highest BCUT2D eigenvalue weighted by atomic mass is 32.1. The molecule has 15 heavy (non-hydrogen) atoms. The van der Waals surface area contributed by atoms with Gasteiger partial charge in [0.1, 0.15) is 0 Å². The first kappa shape index (κ1) is 10.7. The van der Waals surface area contributed by atoms with Gasteiger partial charge in [0, 0.05) is 9.58 Å². The summed E-state index contributed by atoms with van der Waals surface area (Å²) in [6.07, 6.45) is 1.15. The maximum absolute atomic E-state index is 2.32. The Labute approximate surface area is 95.9 Å². The first-order valence-corrected chi connectivity index (χ1v) is 6.25. The molecular weight excluding hydrogens is 200 g/mol. The van der Waals surface area contributed by atoms with Crippen molar-refractivity contribution in [2.24, 2.45) is 5.41 Å². The van der Waals surface area contributed by atoms with Crippen LogP contribution in [0.1, 0.15) is 31.2 Å². The molecule has 0 amide bonds. The fraction of sp³-hybridized carbons (Fsp3) is 0.429. The molecule has 0 fully saturated rings. The average molecular weight is 218 g/mol. The lowest BCUT2D eigenvalue weighted by molar-refractivity contribution is 0.412. The van der Waals surface area contributed by atoms with Crippen molar-refractivity contribution in [2.75, 3.05) is 0 Å². The van der Waals surface area contributed by atoms with Crippen LogP contribution in [0, 0.1) is 12.3 Å². The number of aryl methyl sites for hydroxylation is 1. The molecule has 0 N–H and O–H groups in total. The Hall–Kier alpha value is -0.820. The van der Waals surface area contributed by atoms with E-state index in [9.17, 15) is 0 Å². The molecule has 0 saturated carbocycles. The molecule has 0 unspecified atom stereocenters. The number of fused-ring (bicyclic) bond motifs is 1. The molecule has 0 aliphatic rings. The van der Waals surface area contributed by atoms with Gasteiger partial charge in [-0.1, -0.05) is 32.9 Å². The normalized spacial score (nSPS) is 12.3. The number of hydrogen-bond acceptors (Lipinski definition) is 1. The summed E-state index contributed by atoms with van der Waals surface area (Å²) in [5.74, 6) is 0. The molecule has 0 nitrogen and oxygen atoms in total. The molecule has 0 saturated heterocycles. The quantitative estimate of drug-likeness (QED) is 0.645. The summed E-state index contributed by atoms with van der Waals surface area (Å²) >= 11 is 1.89. The Morgan fingerprint density at radius 3 is 2.60 bits per heavy atom. The molecule has 0 bridgehead atoms. The SMILES string of the molecule is Cc1cc2c(CC(C)(C)C)cccc2s1. The second-order valence-electron chi connectivity index (χ2n) is 5.42. The van der Waals surface area contributed by atoms with Crippen LogP contribution in [0.15, 0.2) is 24.3 Å². The number of hydrogen-bond donors (Lipinski definition) is 0. The van der Waals surface area contributed by atoms with E-state index in [4.69, 9.17) is 0 Å². The van der Waals surface area contributed by atoms with E-state index in [0.717, 1.165) is 6.42 Å². The summed E-state index contributed by atoms with van der Waals surface area (Å²) in [7, 11) is 0. The molecule has 80 valence electrons.